The van der Waals surface area contributed by atoms with E-state index in [9.17, 15) is 0 Å². The third kappa shape index (κ3) is 2.41. The Bertz CT molecular complexity index is 479. The number of nitrogens with zero attached hydrogens (tertiary/aromatic N) is 2. The van der Waals surface area contributed by atoms with Crippen LogP contribution in [-0.2, 0) is 0 Å². The lowest BCUT2D eigenvalue weighted by atomic mass is 9.82. The van der Waals surface area contributed by atoms with E-state index in [1.165, 1.54) is 25.7 Å². The van der Waals surface area contributed by atoms with Crippen molar-refractivity contribution in [3.05, 3.63) is 22.8 Å². The zero-order valence-corrected chi connectivity index (χ0v) is 12.9. The minimum Gasteiger partial charge on any atom is -0.383 e. The number of halogens is 1. The summed E-state index contributed by atoms with van der Waals surface area (Å²) in [6, 6.07) is 3.66. The topological polar surface area (TPSA) is 54.2 Å². The molecule has 0 amide bonds. The van der Waals surface area contributed by atoms with Crippen molar-refractivity contribution in [2.24, 2.45) is 5.92 Å². The summed E-state index contributed by atoms with van der Waals surface area (Å²) in [5.74, 6) is 1.20. The van der Waals surface area contributed by atoms with Crippen molar-refractivity contribution >= 4 is 17.4 Å². The number of piperidine rings is 1. The van der Waals surface area contributed by atoms with Gasteiger partial charge in [0.2, 0.25) is 0 Å². The van der Waals surface area contributed by atoms with Gasteiger partial charge in [0, 0.05) is 29.9 Å². The van der Waals surface area contributed by atoms with E-state index in [0.29, 0.717) is 16.8 Å². The van der Waals surface area contributed by atoms with Gasteiger partial charge in [-0.3, -0.25) is 0 Å². The molecule has 2 aliphatic rings. The summed E-state index contributed by atoms with van der Waals surface area (Å²) in [5, 5.41) is 4.10. The van der Waals surface area contributed by atoms with Crippen LogP contribution in [0.2, 0.25) is 5.02 Å². The third-order valence-corrected chi connectivity index (χ3v) is 5.37. The second kappa shape index (κ2) is 5.51. The van der Waals surface area contributed by atoms with Crippen LogP contribution in [0.25, 0.3) is 0 Å². The van der Waals surface area contributed by atoms with Gasteiger partial charge in [-0.05, 0) is 51.8 Å². The predicted molar refractivity (Wildman–Crippen MR) is 82.8 cm³/mol. The van der Waals surface area contributed by atoms with Crippen molar-refractivity contribution in [2.75, 3.05) is 19.8 Å². The fourth-order valence-corrected chi connectivity index (χ4v) is 4.25. The summed E-state index contributed by atoms with van der Waals surface area (Å²) >= 11 is 6.10. The molecule has 3 unspecified atom stereocenters. The second-order valence-electron chi connectivity index (χ2n) is 6.18. The second-order valence-corrected chi connectivity index (χ2v) is 6.61. The summed E-state index contributed by atoms with van der Waals surface area (Å²) < 4.78 is 0. The molecule has 110 valence electrons. The molecule has 20 heavy (non-hydrogen) atoms. The van der Waals surface area contributed by atoms with Gasteiger partial charge in [-0.2, -0.15) is 0 Å². The van der Waals surface area contributed by atoms with Crippen molar-refractivity contribution in [1.82, 2.24) is 15.2 Å². The van der Waals surface area contributed by atoms with Crippen LogP contribution in [0, 0.1) is 5.92 Å². The Hall–Kier alpha value is -0.840. The van der Waals surface area contributed by atoms with Crippen LogP contribution in [0.1, 0.15) is 37.3 Å². The van der Waals surface area contributed by atoms with E-state index in [4.69, 9.17) is 17.3 Å². The van der Waals surface area contributed by atoms with E-state index in [-0.39, 0.29) is 6.04 Å². The summed E-state index contributed by atoms with van der Waals surface area (Å²) in [6.07, 6.45) is 6.73. The van der Waals surface area contributed by atoms with Crippen molar-refractivity contribution in [2.45, 2.75) is 43.8 Å². The van der Waals surface area contributed by atoms with E-state index in [2.05, 4.69) is 22.2 Å². The van der Waals surface area contributed by atoms with E-state index in [1.54, 1.807) is 6.20 Å². The first-order valence-electron chi connectivity index (χ1n) is 7.40. The van der Waals surface area contributed by atoms with Gasteiger partial charge in [0.15, 0.2) is 0 Å². The zero-order valence-electron chi connectivity index (χ0n) is 12.1. The smallest absolute Gasteiger partial charge is 0.128 e. The highest BCUT2D eigenvalue weighted by Gasteiger charge is 2.41. The summed E-state index contributed by atoms with van der Waals surface area (Å²) in [7, 11) is 4.27. The minimum atomic E-state index is 0.248. The van der Waals surface area contributed by atoms with Crippen molar-refractivity contribution < 1.29 is 0 Å². The van der Waals surface area contributed by atoms with Gasteiger partial charge < -0.3 is 16.0 Å². The molecule has 0 saturated carbocycles. The van der Waals surface area contributed by atoms with Crippen LogP contribution < -0.4 is 11.1 Å². The number of aromatic nitrogens is 1. The van der Waals surface area contributed by atoms with Crippen LogP contribution in [0.4, 0.5) is 5.82 Å². The van der Waals surface area contributed by atoms with E-state index < -0.39 is 0 Å². The molecule has 0 aliphatic carbocycles. The lowest BCUT2D eigenvalue weighted by molar-refractivity contribution is 0.114. The molecule has 0 radical (unpaired) electrons. The number of anilines is 1. The molecular formula is C15H23ClN4. The Morgan fingerprint density at radius 1 is 1.40 bits per heavy atom. The molecule has 1 aromatic heterocycles. The lowest BCUT2D eigenvalue weighted by Crippen LogP contribution is -2.43. The number of nitrogen functional groups attached to an aromatic ring is 1. The number of rotatable bonds is 3. The van der Waals surface area contributed by atoms with E-state index >= 15 is 0 Å². The van der Waals surface area contributed by atoms with Gasteiger partial charge in [0.25, 0.3) is 0 Å². The highest BCUT2D eigenvalue weighted by Crippen LogP contribution is 2.43. The van der Waals surface area contributed by atoms with Gasteiger partial charge in [-0.25, -0.2) is 4.98 Å². The first-order chi connectivity index (χ1) is 9.60. The molecule has 3 N–H and O–H groups in total. The first kappa shape index (κ1) is 14.1. The van der Waals surface area contributed by atoms with Gasteiger partial charge >= 0.3 is 0 Å². The maximum Gasteiger partial charge on any atom is 0.128 e. The fourth-order valence-electron chi connectivity index (χ4n) is 4.09. The Balaban J connectivity index is 1.85. The molecule has 4 nitrogen and oxygen atoms in total. The van der Waals surface area contributed by atoms with Gasteiger partial charge in [-0.15, -0.1) is 0 Å². The average molecular weight is 295 g/mol. The predicted octanol–water partition coefficient (Wildman–Crippen LogP) is 2.45. The molecule has 3 atom stereocenters. The third-order valence-electron chi connectivity index (χ3n) is 5.17. The SMILES string of the molecule is CNC(c1cc(Cl)cnc1N)C1CC2CCC(C1)N2C. The Morgan fingerprint density at radius 2 is 2.05 bits per heavy atom. The van der Waals surface area contributed by atoms with Crippen LogP contribution in [-0.4, -0.2) is 36.1 Å². The number of nitrogens with two attached hydrogens (primary N) is 1. The summed E-state index contributed by atoms with van der Waals surface area (Å²) in [4.78, 5) is 6.76. The fraction of sp³-hybridized carbons (Fsp3) is 0.667. The Morgan fingerprint density at radius 3 is 2.65 bits per heavy atom. The van der Waals surface area contributed by atoms with Crippen molar-refractivity contribution in [3.63, 3.8) is 0 Å². The zero-order chi connectivity index (χ0) is 14.3. The van der Waals surface area contributed by atoms with Crippen molar-refractivity contribution in [3.8, 4) is 0 Å². The monoisotopic (exact) mass is 294 g/mol. The molecule has 0 spiro atoms. The van der Waals surface area contributed by atoms with Crippen LogP contribution in [0.15, 0.2) is 12.3 Å². The molecule has 0 aromatic carbocycles. The molecular weight excluding hydrogens is 272 g/mol. The highest BCUT2D eigenvalue weighted by molar-refractivity contribution is 6.30. The highest BCUT2D eigenvalue weighted by atomic mass is 35.5. The molecule has 2 aliphatic heterocycles. The maximum absolute atomic E-state index is 6.10. The molecule has 3 rings (SSSR count). The number of pyridine rings is 1. The maximum atomic E-state index is 6.10. The Kier molecular flexibility index (Phi) is 3.89. The largest absolute Gasteiger partial charge is 0.383 e. The molecule has 2 saturated heterocycles. The number of hydrogen-bond donors (Lipinski definition) is 2. The van der Waals surface area contributed by atoms with Gasteiger partial charge in [-0.1, -0.05) is 11.6 Å². The molecule has 1 aromatic rings. The molecule has 2 fully saturated rings. The number of nitrogens with one attached hydrogen (secondary N) is 1. The Labute approximate surface area is 125 Å². The van der Waals surface area contributed by atoms with Crippen molar-refractivity contribution in [1.29, 1.82) is 0 Å². The minimum absolute atomic E-state index is 0.248. The first-order valence-corrected chi connectivity index (χ1v) is 7.78. The number of hydrogen-bond acceptors (Lipinski definition) is 4. The van der Waals surface area contributed by atoms with Gasteiger partial charge in [0.1, 0.15) is 5.82 Å². The number of fused-ring (bicyclic) bond motifs is 2. The van der Waals surface area contributed by atoms with Gasteiger partial charge in [0.05, 0.1) is 5.02 Å². The average Bonchev–Trinajstić information content (AvgIpc) is 2.66. The molecule has 5 heteroatoms. The quantitative estimate of drug-likeness (QED) is 0.899. The standard InChI is InChI=1S/C15H23ClN4/c1-18-14(13-7-10(16)8-19-15(13)17)9-5-11-3-4-12(6-9)20(11)2/h7-9,11-12,14,18H,3-6H2,1-2H3,(H2,17,19). The van der Waals surface area contributed by atoms with Crippen LogP contribution >= 0.6 is 11.6 Å². The molecule has 3 heterocycles. The van der Waals surface area contributed by atoms with E-state index in [1.807, 2.05) is 13.1 Å². The molecule has 2 bridgehead atoms. The summed E-state index contributed by atoms with van der Waals surface area (Å²) in [6.45, 7) is 0. The van der Waals surface area contributed by atoms with Crippen LogP contribution in [0.5, 0.6) is 0 Å². The summed E-state index contributed by atoms with van der Waals surface area (Å²) in [5.41, 5.74) is 7.11. The van der Waals surface area contributed by atoms with E-state index in [0.717, 1.165) is 17.6 Å². The lowest BCUT2D eigenvalue weighted by Gasteiger charge is -2.40. The van der Waals surface area contributed by atoms with Crippen LogP contribution in [0.3, 0.4) is 0 Å². The normalized spacial score (nSPS) is 31.4.